The maximum absolute atomic E-state index is 12.6. The summed E-state index contributed by atoms with van der Waals surface area (Å²) in [5.41, 5.74) is 0. The van der Waals surface area contributed by atoms with Crippen LogP contribution in [0, 0.1) is 11.8 Å². The number of aliphatic hydroxyl groups is 1. The average Bonchev–Trinajstić information content (AvgIpc) is 2.74. The van der Waals surface area contributed by atoms with Crippen LogP contribution in [0.2, 0.25) is 0 Å². The standard InChI is InChI=1S/C13H19F3N2O/c1-18-7-6-17-12(18)8-11(19)9-2-4-10(5-3-9)13(14,15)16/h6-7,9-11,19H,2-5,8H2,1H3. The number of nitrogens with zero attached hydrogens (tertiary/aromatic N) is 2. The Balaban J connectivity index is 1.86. The van der Waals surface area contributed by atoms with Gasteiger partial charge in [0.25, 0.3) is 0 Å². The highest BCUT2D eigenvalue weighted by Crippen LogP contribution is 2.40. The van der Waals surface area contributed by atoms with E-state index in [0.717, 1.165) is 5.82 Å². The van der Waals surface area contributed by atoms with E-state index in [-0.39, 0.29) is 18.8 Å². The molecule has 0 radical (unpaired) electrons. The Labute approximate surface area is 110 Å². The predicted molar refractivity (Wildman–Crippen MR) is 64.4 cm³/mol. The molecule has 2 rings (SSSR count). The lowest BCUT2D eigenvalue weighted by atomic mass is 9.78. The first-order chi connectivity index (χ1) is 8.88. The van der Waals surface area contributed by atoms with Gasteiger partial charge in [0.2, 0.25) is 0 Å². The molecule has 1 unspecified atom stereocenters. The Morgan fingerprint density at radius 2 is 2.00 bits per heavy atom. The van der Waals surface area contributed by atoms with Crippen molar-refractivity contribution in [2.45, 2.75) is 44.4 Å². The van der Waals surface area contributed by atoms with E-state index in [1.165, 1.54) is 0 Å². The van der Waals surface area contributed by atoms with Crippen molar-refractivity contribution in [2.75, 3.05) is 0 Å². The highest BCUT2D eigenvalue weighted by molar-refractivity contribution is 4.95. The summed E-state index contributed by atoms with van der Waals surface area (Å²) in [6.07, 6.45) is 0.310. The number of hydrogen-bond acceptors (Lipinski definition) is 2. The molecule has 0 aromatic carbocycles. The van der Waals surface area contributed by atoms with Gasteiger partial charge in [-0.1, -0.05) is 0 Å². The van der Waals surface area contributed by atoms with E-state index in [1.807, 2.05) is 11.6 Å². The topological polar surface area (TPSA) is 38.0 Å². The Bertz CT molecular complexity index is 408. The summed E-state index contributed by atoms with van der Waals surface area (Å²) in [6.45, 7) is 0. The second-order valence-corrected chi connectivity index (χ2v) is 5.38. The Hall–Kier alpha value is -1.04. The van der Waals surface area contributed by atoms with E-state index < -0.39 is 18.2 Å². The zero-order chi connectivity index (χ0) is 14.0. The smallest absolute Gasteiger partial charge is 0.391 e. The number of imidazole rings is 1. The van der Waals surface area contributed by atoms with Gasteiger partial charge in [0.15, 0.2) is 0 Å². The van der Waals surface area contributed by atoms with Crippen LogP contribution in [0.15, 0.2) is 12.4 Å². The summed E-state index contributed by atoms with van der Waals surface area (Å²) in [4.78, 5) is 4.13. The van der Waals surface area contributed by atoms with Crippen molar-refractivity contribution in [3.63, 3.8) is 0 Å². The van der Waals surface area contributed by atoms with Crippen LogP contribution in [0.3, 0.4) is 0 Å². The Morgan fingerprint density at radius 1 is 1.37 bits per heavy atom. The highest BCUT2D eigenvalue weighted by Gasteiger charge is 2.42. The summed E-state index contributed by atoms with van der Waals surface area (Å²) in [5.74, 6) is -0.468. The molecule has 1 aliphatic rings. The molecule has 0 spiro atoms. The maximum atomic E-state index is 12.6. The van der Waals surface area contributed by atoms with Gasteiger partial charge in [-0.15, -0.1) is 0 Å². The monoisotopic (exact) mass is 276 g/mol. The minimum Gasteiger partial charge on any atom is -0.392 e. The van der Waals surface area contributed by atoms with E-state index in [0.29, 0.717) is 19.3 Å². The summed E-state index contributed by atoms with van der Waals surface area (Å²) >= 11 is 0. The molecule has 1 fully saturated rings. The van der Waals surface area contributed by atoms with Crippen LogP contribution in [0.1, 0.15) is 31.5 Å². The third kappa shape index (κ3) is 3.49. The molecule has 1 saturated carbocycles. The summed E-state index contributed by atoms with van der Waals surface area (Å²) in [6, 6.07) is 0. The molecule has 0 amide bonds. The summed E-state index contributed by atoms with van der Waals surface area (Å²) in [7, 11) is 1.84. The summed E-state index contributed by atoms with van der Waals surface area (Å²) in [5, 5.41) is 10.1. The van der Waals surface area contributed by atoms with E-state index in [4.69, 9.17) is 0 Å². The number of aliphatic hydroxyl groups excluding tert-OH is 1. The van der Waals surface area contributed by atoms with Crippen molar-refractivity contribution in [1.29, 1.82) is 0 Å². The van der Waals surface area contributed by atoms with Crippen LogP contribution in [0.4, 0.5) is 13.2 Å². The number of halogens is 3. The van der Waals surface area contributed by atoms with Crippen LogP contribution in [0.25, 0.3) is 0 Å². The Morgan fingerprint density at radius 3 is 2.47 bits per heavy atom. The predicted octanol–water partition coefficient (Wildman–Crippen LogP) is 2.69. The number of aromatic nitrogens is 2. The molecular formula is C13H19F3N2O. The number of rotatable bonds is 3. The van der Waals surface area contributed by atoms with Gasteiger partial charge < -0.3 is 9.67 Å². The van der Waals surface area contributed by atoms with E-state index in [1.54, 1.807) is 12.4 Å². The Kier molecular flexibility index (Phi) is 4.18. The van der Waals surface area contributed by atoms with Crippen molar-refractivity contribution in [1.82, 2.24) is 9.55 Å². The molecule has 19 heavy (non-hydrogen) atoms. The van der Waals surface area contributed by atoms with Gasteiger partial charge in [-0.3, -0.25) is 0 Å². The van der Waals surface area contributed by atoms with Gasteiger partial charge in [-0.2, -0.15) is 13.2 Å². The van der Waals surface area contributed by atoms with Gasteiger partial charge in [-0.05, 0) is 31.6 Å². The second-order valence-electron chi connectivity index (χ2n) is 5.38. The SMILES string of the molecule is Cn1ccnc1CC(O)C1CCC(C(F)(F)F)CC1. The minimum atomic E-state index is -4.09. The largest absolute Gasteiger partial charge is 0.392 e. The van der Waals surface area contributed by atoms with Gasteiger partial charge >= 0.3 is 6.18 Å². The molecule has 1 heterocycles. The van der Waals surface area contributed by atoms with Gasteiger partial charge in [-0.25, -0.2) is 4.98 Å². The molecule has 1 atom stereocenters. The molecule has 1 aromatic rings. The molecular weight excluding hydrogens is 257 g/mol. The lowest BCUT2D eigenvalue weighted by Crippen LogP contribution is -2.33. The fourth-order valence-corrected chi connectivity index (χ4v) is 2.78. The minimum absolute atomic E-state index is 0.0460. The van der Waals surface area contributed by atoms with Gasteiger partial charge in [0.1, 0.15) is 5.82 Å². The fourth-order valence-electron chi connectivity index (χ4n) is 2.78. The molecule has 3 nitrogen and oxygen atoms in total. The quantitative estimate of drug-likeness (QED) is 0.921. The average molecular weight is 276 g/mol. The highest BCUT2D eigenvalue weighted by atomic mass is 19.4. The zero-order valence-electron chi connectivity index (χ0n) is 10.9. The molecule has 1 aliphatic carbocycles. The second kappa shape index (κ2) is 5.53. The molecule has 6 heteroatoms. The molecule has 108 valence electrons. The molecule has 1 aromatic heterocycles. The van der Waals surface area contributed by atoms with E-state index >= 15 is 0 Å². The first kappa shape index (κ1) is 14.4. The number of hydrogen-bond donors (Lipinski definition) is 1. The summed E-state index contributed by atoms with van der Waals surface area (Å²) < 4.78 is 39.5. The number of aryl methyl sites for hydroxylation is 1. The first-order valence-corrected chi connectivity index (χ1v) is 6.59. The van der Waals surface area contributed by atoms with Crippen molar-refractivity contribution in [3.8, 4) is 0 Å². The van der Waals surface area contributed by atoms with Crippen LogP contribution in [-0.4, -0.2) is 26.9 Å². The molecule has 1 N–H and O–H groups in total. The van der Waals surface area contributed by atoms with Crippen LogP contribution < -0.4 is 0 Å². The van der Waals surface area contributed by atoms with Crippen molar-refractivity contribution in [2.24, 2.45) is 18.9 Å². The van der Waals surface area contributed by atoms with Gasteiger partial charge in [0, 0.05) is 25.9 Å². The van der Waals surface area contributed by atoms with E-state index in [2.05, 4.69) is 4.98 Å². The van der Waals surface area contributed by atoms with Crippen LogP contribution >= 0.6 is 0 Å². The third-order valence-electron chi connectivity index (χ3n) is 4.09. The van der Waals surface area contributed by atoms with Crippen LogP contribution in [-0.2, 0) is 13.5 Å². The fraction of sp³-hybridized carbons (Fsp3) is 0.769. The normalized spacial score (nSPS) is 26.4. The lowest BCUT2D eigenvalue weighted by Gasteiger charge is -2.32. The van der Waals surface area contributed by atoms with Crippen LogP contribution in [0.5, 0.6) is 0 Å². The van der Waals surface area contributed by atoms with Crippen molar-refractivity contribution >= 4 is 0 Å². The van der Waals surface area contributed by atoms with Gasteiger partial charge in [0.05, 0.1) is 12.0 Å². The zero-order valence-corrected chi connectivity index (χ0v) is 10.9. The van der Waals surface area contributed by atoms with Crippen molar-refractivity contribution < 1.29 is 18.3 Å². The molecule has 0 bridgehead atoms. The molecule has 0 aliphatic heterocycles. The van der Waals surface area contributed by atoms with Crippen molar-refractivity contribution in [3.05, 3.63) is 18.2 Å². The number of alkyl halides is 3. The first-order valence-electron chi connectivity index (χ1n) is 6.59. The third-order valence-corrected chi connectivity index (χ3v) is 4.09. The maximum Gasteiger partial charge on any atom is 0.391 e. The van der Waals surface area contributed by atoms with E-state index in [9.17, 15) is 18.3 Å². The molecule has 0 saturated heterocycles. The lowest BCUT2D eigenvalue weighted by molar-refractivity contribution is -0.185.